The molecule has 0 bridgehead atoms. The van der Waals surface area contributed by atoms with E-state index in [0.29, 0.717) is 5.69 Å². The number of ether oxygens (including phenoxy) is 2. The van der Waals surface area contributed by atoms with Crippen molar-refractivity contribution in [3.05, 3.63) is 17.7 Å². The minimum absolute atomic E-state index is 0.0595. The number of methoxy groups -OCH3 is 2. The largest absolute Gasteiger partial charge is 0.469 e. The monoisotopic (exact) mass is 375 g/mol. The fourth-order valence-corrected chi connectivity index (χ4v) is 4.29. The highest BCUT2D eigenvalue weighted by Crippen LogP contribution is 2.39. The van der Waals surface area contributed by atoms with Gasteiger partial charge in [-0.05, 0) is 51.2 Å². The highest BCUT2D eigenvalue weighted by atomic mass is 16.5. The first kappa shape index (κ1) is 19.3. The number of hydrogen-bond acceptors (Lipinski definition) is 6. The van der Waals surface area contributed by atoms with E-state index in [9.17, 15) is 9.59 Å². The molecule has 1 aliphatic heterocycles. The topological polar surface area (TPSA) is 93.9 Å². The van der Waals surface area contributed by atoms with Gasteiger partial charge in [-0.3, -0.25) is 9.69 Å². The van der Waals surface area contributed by atoms with E-state index in [1.807, 2.05) is 19.1 Å². The summed E-state index contributed by atoms with van der Waals surface area (Å²) in [5.74, 6) is -0.196. The highest BCUT2D eigenvalue weighted by molar-refractivity contribution is 5.93. The Hall–Kier alpha value is -2.44. The molecule has 7 heteroatoms. The van der Waals surface area contributed by atoms with E-state index in [1.165, 1.54) is 14.2 Å². The first-order valence-electron chi connectivity index (χ1n) is 9.59. The van der Waals surface area contributed by atoms with Crippen molar-refractivity contribution in [1.82, 2.24) is 0 Å². The summed E-state index contributed by atoms with van der Waals surface area (Å²) < 4.78 is 9.84. The Morgan fingerprint density at radius 2 is 1.96 bits per heavy atom. The standard InChI is InChI=1S/C20H29N3O4/c1-12-7-8-15-17(23(12)20(25)27-3)10-9-16(18(15)21)22-14-6-4-5-13(11-14)19(24)26-2/h9-10,12-14,22H,4-8,11,21H2,1-3H3/t12-,13-,14-/m0/s1. The van der Waals surface area contributed by atoms with Crippen LogP contribution < -0.4 is 16.0 Å². The van der Waals surface area contributed by atoms with Crippen LogP contribution in [-0.4, -0.2) is 38.4 Å². The summed E-state index contributed by atoms with van der Waals surface area (Å²) in [6.07, 6.45) is 4.89. The first-order valence-corrected chi connectivity index (χ1v) is 9.59. The molecule has 3 atom stereocenters. The molecular formula is C20H29N3O4. The van der Waals surface area contributed by atoms with Crippen LogP contribution in [0.3, 0.4) is 0 Å². The normalized spacial score (nSPS) is 24.7. The molecule has 27 heavy (non-hydrogen) atoms. The van der Waals surface area contributed by atoms with Crippen LogP contribution in [0, 0.1) is 5.92 Å². The fourth-order valence-electron chi connectivity index (χ4n) is 4.29. The smallest absolute Gasteiger partial charge is 0.414 e. The minimum atomic E-state index is -0.364. The summed E-state index contributed by atoms with van der Waals surface area (Å²) in [5, 5.41) is 3.51. The molecule has 7 nitrogen and oxygen atoms in total. The van der Waals surface area contributed by atoms with Crippen LogP contribution in [0.2, 0.25) is 0 Å². The number of benzene rings is 1. The number of anilines is 3. The Balaban J connectivity index is 1.80. The zero-order valence-electron chi connectivity index (χ0n) is 16.3. The summed E-state index contributed by atoms with van der Waals surface area (Å²) in [5.41, 5.74) is 9.79. The molecule has 1 heterocycles. The molecule has 1 fully saturated rings. The van der Waals surface area contributed by atoms with Crippen molar-refractivity contribution in [2.45, 2.75) is 57.5 Å². The van der Waals surface area contributed by atoms with Gasteiger partial charge < -0.3 is 20.5 Å². The predicted octanol–water partition coefficient (Wildman–Crippen LogP) is 3.32. The lowest BCUT2D eigenvalue weighted by Gasteiger charge is -2.36. The number of hydrogen-bond donors (Lipinski definition) is 2. The minimum Gasteiger partial charge on any atom is -0.469 e. The lowest BCUT2D eigenvalue weighted by molar-refractivity contribution is -0.146. The Kier molecular flexibility index (Phi) is 5.77. The van der Waals surface area contributed by atoms with Crippen LogP contribution in [0.1, 0.15) is 44.6 Å². The van der Waals surface area contributed by atoms with Crippen molar-refractivity contribution in [3.8, 4) is 0 Å². The van der Waals surface area contributed by atoms with Gasteiger partial charge in [0.25, 0.3) is 0 Å². The molecule has 148 valence electrons. The molecule has 3 rings (SSSR count). The number of amides is 1. The number of nitrogens with zero attached hydrogens (tertiary/aromatic N) is 1. The molecule has 1 aliphatic carbocycles. The van der Waals surface area contributed by atoms with Gasteiger partial charge in [-0.25, -0.2) is 4.79 Å². The molecule has 0 unspecified atom stereocenters. The van der Waals surface area contributed by atoms with Crippen molar-refractivity contribution in [2.75, 3.05) is 30.2 Å². The van der Waals surface area contributed by atoms with E-state index >= 15 is 0 Å². The molecule has 1 aromatic rings. The van der Waals surface area contributed by atoms with Crippen molar-refractivity contribution < 1.29 is 19.1 Å². The molecule has 0 aromatic heterocycles. The quantitative estimate of drug-likeness (QED) is 0.622. The summed E-state index contributed by atoms with van der Waals surface area (Å²) in [6, 6.07) is 4.11. The van der Waals surface area contributed by atoms with Gasteiger partial charge in [0.2, 0.25) is 0 Å². The summed E-state index contributed by atoms with van der Waals surface area (Å²) in [6.45, 7) is 2.01. The molecule has 0 spiro atoms. The van der Waals surface area contributed by atoms with Gasteiger partial charge in [0.05, 0.1) is 37.2 Å². The predicted molar refractivity (Wildman–Crippen MR) is 105 cm³/mol. The van der Waals surface area contributed by atoms with Gasteiger partial charge in [0.1, 0.15) is 0 Å². The summed E-state index contributed by atoms with van der Waals surface area (Å²) >= 11 is 0. The van der Waals surface area contributed by atoms with Crippen molar-refractivity contribution >= 4 is 29.1 Å². The Morgan fingerprint density at radius 1 is 1.19 bits per heavy atom. The third kappa shape index (κ3) is 3.82. The lowest BCUT2D eigenvalue weighted by Crippen LogP contribution is -2.42. The van der Waals surface area contributed by atoms with E-state index in [-0.39, 0.29) is 30.1 Å². The number of nitrogens with two attached hydrogens (primary N) is 1. The SMILES string of the molecule is COC(=O)[C@H]1CCC[C@H](Nc2ccc3c(c2N)CC[C@H](C)N3C(=O)OC)C1. The zero-order chi connectivity index (χ0) is 19.6. The zero-order valence-corrected chi connectivity index (χ0v) is 16.3. The van der Waals surface area contributed by atoms with Crippen LogP contribution in [0.15, 0.2) is 12.1 Å². The van der Waals surface area contributed by atoms with Crippen LogP contribution in [-0.2, 0) is 20.7 Å². The van der Waals surface area contributed by atoms with E-state index in [2.05, 4.69) is 5.32 Å². The molecule has 1 saturated carbocycles. The summed E-state index contributed by atoms with van der Waals surface area (Å²) in [4.78, 5) is 25.7. The molecular weight excluding hydrogens is 346 g/mol. The van der Waals surface area contributed by atoms with E-state index in [0.717, 1.165) is 55.5 Å². The molecule has 1 amide bonds. The number of rotatable bonds is 3. The van der Waals surface area contributed by atoms with Crippen molar-refractivity contribution in [1.29, 1.82) is 0 Å². The van der Waals surface area contributed by atoms with Gasteiger partial charge in [0.15, 0.2) is 0 Å². The van der Waals surface area contributed by atoms with Gasteiger partial charge in [-0.15, -0.1) is 0 Å². The number of esters is 1. The lowest BCUT2D eigenvalue weighted by atomic mass is 9.85. The van der Waals surface area contributed by atoms with Crippen molar-refractivity contribution in [3.63, 3.8) is 0 Å². The van der Waals surface area contributed by atoms with Gasteiger partial charge in [0, 0.05) is 17.6 Å². The van der Waals surface area contributed by atoms with E-state index in [1.54, 1.807) is 4.90 Å². The van der Waals surface area contributed by atoms with Crippen molar-refractivity contribution in [2.24, 2.45) is 5.92 Å². The molecule has 0 radical (unpaired) electrons. The molecule has 1 aromatic carbocycles. The second-order valence-electron chi connectivity index (χ2n) is 7.48. The first-order chi connectivity index (χ1) is 13.0. The van der Waals surface area contributed by atoms with Gasteiger partial charge in [-0.2, -0.15) is 0 Å². The third-order valence-electron chi connectivity index (χ3n) is 5.78. The Labute approximate surface area is 160 Å². The van der Waals surface area contributed by atoms with Gasteiger partial charge in [-0.1, -0.05) is 6.42 Å². The fraction of sp³-hybridized carbons (Fsp3) is 0.600. The number of nitrogens with one attached hydrogen (secondary N) is 1. The number of nitrogen functional groups attached to an aromatic ring is 1. The van der Waals surface area contributed by atoms with E-state index < -0.39 is 0 Å². The van der Waals surface area contributed by atoms with Crippen LogP contribution in [0.25, 0.3) is 0 Å². The second-order valence-corrected chi connectivity index (χ2v) is 7.48. The maximum Gasteiger partial charge on any atom is 0.414 e. The van der Waals surface area contributed by atoms with E-state index in [4.69, 9.17) is 15.2 Å². The van der Waals surface area contributed by atoms with Crippen LogP contribution >= 0.6 is 0 Å². The maximum atomic E-state index is 12.2. The summed E-state index contributed by atoms with van der Waals surface area (Å²) in [7, 11) is 2.83. The highest BCUT2D eigenvalue weighted by Gasteiger charge is 2.32. The van der Waals surface area contributed by atoms with Crippen LogP contribution in [0.4, 0.5) is 21.9 Å². The number of carbonyl (C=O) groups excluding carboxylic acids is 2. The number of carbonyl (C=O) groups is 2. The van der Waals surface area contributed by atoms with Crippen LogP contribution in [0.5, 0.6) is 0 Å². The Morgan fingerprint density at radius 3 is 2.67 bits per heavy atom. The van der Waals surface area contributed by atoms with Gasteiger partial charge >= 0.3 is 12.1 Å². The average molecular weight is 375 g/mol. The number of fused-ring (bicyclic) bond motifs is 1. The average Bonchev–Trinajstić information content (AvgIpc) is 2.69. The molecule has 3 N–H and O–H groups in total. The maximum absolute atomic E-state index is 12.2. The molecule has 2 aliphatic rings. The second kappa shape index (κ2) is 8.06. The third-order valence-corrected chi connectivity index (χ3v) is 5.78. The Bertz CT molecular complexity index is 721. The molecule has 0 saturated heterocycles.